The van der Waals surface area contributed by atoms with E-state index in [1.165, 1.54) is 27.9 Å². The van der Waals surface area contributed by atoms with E-state index in [-0.39, 0.29) is 17.4 Å². The van der Waals surface area contributed by atoms with E-state index in [2.05, 4.69) is 5.32 Å². The highest BCUT2D eigenvalue weighted by molar-refractivity contribution is 7.86. The second-order valence-electron chi connectivity index (χ2n) is 9.17. The summed E-state index contributed by atoms with van der Waals surface area (Å²) in [5, 5.41) is 3.42. The van der Waals surface area contributed by atoms with Crippen LogP contribution in [-0.2, 0) is 15.0 Å². The third-order valence-corrected chi connectivity index (χ3v) is 8.88. The molecule has 1 heterocycles. The predicted molar refractivity (Wildman–Crippen MR) is 95.9 cm³/mol. The Bertz CT molecular complexity index is 611. The Labute approximate surface area is 151 Å². The van der Waals surface area contributed by atoms with E-state index in [0.717, 1.165) is 49.9 Å². The van der Waals surface area contributed by atoms with Crippen molar-refractivity contribution in [1.29, 1.82) is 0 Å². The standard InChI is InChI=1S/C18H31N3O3S/c1-20(2)25(23,24)21-5-3-4-16(12-21)17(22)19-18-9-13-6-14(10-18)8-15(7-13)11-18/h13-16H,3-12H2,1-2H3,(H,19,22)/t13?,14?,15?,16-,18?/m1/s1. The largest absolute Gasteiger partial charge is 0.350 e. The number of amides is 1. The van der Waals surface area contributed by atoms with Gasteiger partial charge in [0.05, 0.1) is 5.92 Å². The molecule has 1 amide bonds. The molecular weight excluding hydrogens is 338 g/mol. The van der Waals surface area contributed by atoms with Gasteiger partial charge in [-0.2, -0.15) is 17.0 Å². The van der Waals surface area contributed by atoms with Crippen molar-refractivity contribution in [3.8, 4) is 0 Å². The molecule has 0 spiro atoms. The number of piperidine rings is 1. The van der Waals surface area contributed by atoms with Crippen LogP contribution in [0.3, 0.4) is 0 Å². The molecule has 7 heteroatoms. The maximum absolute atomic E-state index is 13.0. The Morgan fingerprint density at radius 3 is 2.16 bits per heavy atom. The van der Waals surface area contributed by atoms with Gasteiger partial charge in [-0.1, -0.05) is 0 Å². The van der Waals surface area contributed by atoms with E-state index in [9.17, 15) is 13.2 Å². The van der Waals surface area contributed by atoms with Crippen LogP contribution in [0.4, 0.5) is 0 Å². The first-order chi connectivity index (χ1) is 11.8. The fourth-order valence-electron chi connectivity index (χ4n) is 6.22. The van der Waals surface area contributed by atoms with Crippen molar-refractivity contribution in [1.82, 2.24) is 13.9 Å². The van der Waals surface area contributed by atoms with Gasteiger partial charge in [0.25, 0.3) is 10.2 Å². The Morgan fingerprint density at radius 2 is 1.64 bits per heavy atom. The molecule has 0 aromatic heterocycles. The van der Waals surface area contributed by atoms with Crippen LogP contribution in [0.5, 0.6) is 0 Å². The summed E-state index contributed by atoms with van der Waals surface area (Å²) in [7, 11) is -0.333. The van der Waals surface area contributed by atoms with Gasteiger partial charge in [0.1, 0.15) is 0 Å². The summed E-state index contributed by atoms with van der Waals surface area (Å²) in [6, 6.07) is 0. The first kappa shape index (κ1) is 17.7. The quantitative estimate of drug-likeness (QED) is 0.818. The Hall–Kier alpha value is -0.660. The minimum Gasteiger partial charge on any atom is -0.350 e. The minimum atomic E-state index is -3.43. The Morgan fingerprint density at radius 1 is 1.08 bits per heavy atom. The molecule has 1 atom stereocenters. The molecule has 5 aliphatic rings. The number of hydrogen-bond donors (Lipinski definition) is 1. The number of nitrogens with zero attached hydrogens (tertiary/aromatic N) is 2. The van der Waals surface area contributed by atoms with Gasteiger partial charge in [-0.25, -0.2) is 0 Å². The van der Waals surface area contributed by atoms with Crippen molar-refractivity contribution in [2.75, 3.05) is 27.2 Å². The van der Waals surface area contributed by atoms with Gasteiger partial charge in [-0.15, -0.1) is 0 Å². The van der Waals surface area contributed by atoms with Gasteiger partial charge in [0, 0.05) is 32.7 Å². The van der Waals surface area contributed by atoms with Crippen molar-refractivity contribution in [2.24, 2.45) is 23.7 Å². The molecule has 5 fully saturated rings. The van der Waals surface area contributed by atoms with E-state index < -0.39 is 10.2 Å². The minimum absolute atomic E-state index is 0.00847. The molecule has 6 nitrogen and oxygen atoms in total. The number of carbonyl (C=O) groups excluding carboxylic acids is 1. The number of rotatable bonds is 4. The zero-order chi connectivity index (χ0) is 17.8. The topological polar surface area (TPSA) is 69.7 Å². The van der Waals surface area contributed by atoms with E-state index in [0.29, 0.717) is 13.1 Å². The van der Waals surface area contributed by atoms with Gasteiger partial charge < -0.3 is 5.32 Å². The highest BCUT2D eigenvalue weighted by Gasteiger charge is 2.52. The van der Waals surface area contributed by atoms with Crippen molar-refractivity contribution >= 4 is 16.1 Å². The van der Waals surface area contributed by atoms with Crippen LogP contribution in [0, 0.1) is 23.7 Å². The van der Waals surface area contributed by atoms with Gasteiger partial charge in [0.15, 0.2) is 0 Å². The van der Waals surface area contributed by atoms with Crippen LogP contribution in [-0.4, -0.2) is 55.7 Å². The maximum atomic E-state index is 13.0. The SMILES string of the molecule is CN(C)S(=O)(=O)N1CCC[C@@H](C(=O)NC23CC4CC(CC(C4)C2)C3)C1. The van der Waals surface area contributed by atoms with Crippen molar-refractivity contribution < 1.29 is 13.2 Å². The third kappa shape index (κ3) is 3.23. The summed E-state index contributed by atoms with van der Waals surface area (Å²) in [6.45, 7) is 0.834. The molecular formula is C18H31N3O3S. The van der Waals surface area contributed by atoms with Crippen molar-refractivity contribution in [2.45, 2.75) is 56.9 Å². The molecule has 1 aliphatic heterocycles. The molecule has 0 radical (unpaired) electrons. The lowest BCUT2D eigenvalue weighted by atomic mass is 9.53. The van der Waals surface area contributed by atoms with Gasteiger partial charge in [0.2, 0.25) is 5.91 Å². The molecule has 4 bridgehead atoms. The number of carbonyl (C=O) groups is 1. The summed E-state index contributed by atoms with van der Waals surface area (Å²) in [6.07, 6.45) is 9.02. The Balaban J connectivity index is 1.43. The van der Waals surface area contributed by atoms with Crippen LogP contribution in [0.1, 0.15) is 51.4 Å². The van der Waals surface area contributed by atoms with Crippen LogP contribution >= 0.6 is 0 Å². The lowest BCUT2D eigenvalue weighted by Crippen LogP contribution is -2.61. The molecule has 5 rings (SSSR count). The highest BCUT2D eigenvalue weighted by atomic mass is 32.2. The number of hydrogen-bond acceptors (Lipinski definition) is 3. The van der Waals surface area contributed by atoms with Crippen LogP contribution in [0.25, 0.3) is 0 Å². The van der Waals surface area contributed by atoms with Gasteiger partial charge in [-0.3, -0.25) is 4.79 Å². The lowest BCUT2D eigenvalue weighted by Gasteiger charge is -2.57. The summed E-state index contributed by atoms with van der Waals surface area (Å²) in [4.78, 5) is 13.0. The van der Waals surface area contributed by atoms with Gasteiger partial charge >= 0.3 is 0 Å². The fourth-order valence-corrected chi connectivity index (χ4v) is 7.41. The van der Waals surface area contributed by atoms with Gasteiger partial charge in [-0.05, 0) is 69.1 Å². The third-order valence-electron chi connectivity index (χ3n) is 6.97. The molecule has 4 saturated carbocycles. The second kappa shape index (κ2) is 6.20. The fraction of sp³-hybridized carbons (Fsp3) is 0.944. The molecule has 0 aromatic carbocycles. The van der Waals surface area contributed by atoms with Crippen LogP contribution in [0.2, 0.25) is 0 Å². The monoisotopic (exact) mass is 369 g/mol. The van der Waals surface area contributed by atoms with E-state index in [1.807, 2.05) is 0 Å². The Kier molecular flexibility index (Phi) is 4.40. The average Bonchev–Trinajstić information content (AvgIpc) is 2.53. The van der Waals surface area contributed by atoms with E-state index in [4.69, 9.17) is 0 Å². The summed E-state index contributed by atoms with van der Waals surface area (Å²) >= 11 is 0. The molecule has 1 saturated heterocycles. The first-order valence-corrected chi connectivity index (χ1v) is 11.2. The molecule has 4 aliphatic carbocycles. The van der Waals surface area contributed by atoms with E-state index >= 15 is 0 Å². The zero-order valence-electron chi connectivity index (χ0n) is 15.4. The summed E-state index contributed by atoms with van der Waals surface area (Å²) in [5.74, 6) is 2.26. The summed E-state index contributed by atoms with van der Waals surface area (Å²) < 4.78 is 27.5. The lowest BCUT2D eigenvalue weighted by molar-refractivity contribution is -0.131. The number of nitrogens with one attached hydrogen (secondary N) is 1. The van der Waals surface area contributed by atoms with E-state index in [1.54, 1.807) is 14.1 Å². The van der Waals surface area contributed by atoms with Crippen molar-refractivity contribution in [3.05, 3.63) is 0 Å². The first-order valence-electron chi connectivity index (χ1n) is 9.77. The molecule has 0 unspecified atom stereocenters. The molecule has 142 valence electrons. The van der Waals surface area contributed by atoms with Crippen LogP contribution < -0.4 is 5.32 Å². The zero-order valence-corrected chi connectivity index (χ0v) is 16.2. The molecule has 25 heavy (non-hydrogen) atoms. The van der Waals surface area contributed by atoms with Crippen molar-refractivity contribution in [3.63, 3.8) is 0 Å². The maximum Gasteiger partial charge on any atom is 0.281 e. The van der Waals surface area contributed by atoms with Crippen LogP contribution in [0.15, 0.2) is 0 Å². The average molecular weight is 370 g/mol. The normalized spacial score (nSPS) is 41.2. The highest BCUT2D eigenvalue weighted by Crippen LogP contribution is 2.55. The predicted octanol–water partition coefficient (Wildman–Crippen LogP) is 1.59. The smallest absolute Gasteiger partial charge is 0.281 e. The second-order valence-corrected chi connectivity index (χ2v) is 11.3. The molecule has 1 N–H and O–H groups in total. The summed E-state index contributed by atoms with van der Waals surface area (Å²) in [5.41, 5.74) is 0.00847. The molecule has 0 aromatic rings.